The fraction of sp³-hybridized carbons (Fsp3) is 0.0417. The lowest BCUT2D eigenvalue weighted by Crippen LogP contribution is -2.20. The summed E-state index contributed by atoms with van der Waals surface area (Å²) < 4.78 is 0. The lowest BCUT2D eigenvalue weighted by molar-refractivity contribution is 0.0953. The second-order valence-electron chi connectivity index (χ2n) is 6.95. The van der Waals surface area contributed by atoms with Crippen molar-refractivity contribution in [2.24, 2.45) is 5.10 Å². The summed E-state index contributed by atoms with van der Waals surface area (Å²) in [5.41, 5.74) is 7.32. The van der Waals surface area contributed by atoms with E-state index in [0.29, 0.717) is 28.0 Å². The molecule has 1 N–H and O–H groups in total. The monoisotopic (exact) mass is 392 g/mol. The number of ketones is 1. The Kier molecular flexibility index (Phi) is 4.37. The van der Waals surface area contributed by atoms with E-state index in [1.165, 1.54) is 0 Å². The van der Waals surface area contributed by atoms with Gasteiger partial charge in [0.15, 0.2) is 5.78 Å². The van der Waals surface area contributed by atoms with E-state index in [1.54, 1.807) is 24.5 Å². The fourth-order valence-corrected chi connectivity index (χ4v) is 3.63. The molecule has 0 bridgehead atoms. The van der Waals surface area contributed by atoms with Crippen molar-refractivity contribution < 1.29 is 9.59 Å². The number of fused-ring (bicyclic) bond motifs is 2. The third kappa shape index (κ3) is 3.14. The average Bonchev–Trinajstić information content (AvgIpc) is 3.13. The van der Waals surface area contributed by atoms with Crippen LogP contribution in [-0.2, 0) is 0 Å². The molecule has 0 spiro atoms. The maximum Gasteiger partial charge on any atom is 0.272 e. The zero-order chi connectivity index (χ0) is 20.5. The molecular weight excluding hydrogens is 376 g/mol. The van der Waals surface area contributed by atoms with Crippen LogP contribution in [0.1, 0.15) is 32.7 Å². The maximum absolute atomic E-state index is 13.0. The Morgan fingerprint density at radius 3 is 2.50 bits per heavy atom. The standard InChI is InChI=1S/C24H16N4O2/c29-23-14-22(16-5-1-2-7-18(16)23)27-28-24(30)19-13-21(15-9-11-25-12-10-15)26-20-8-4-3-6-17(19)20/h1-13H,14H2,(H,28,30). The Morgan fingerprint density at radius 1 is 0.933 bits per heavy atom. The molecule has 1 aliphatic rings. The molecule has 0 saturated carbocycles. The molecule has 2 heterocycles. The van der Waals surface area contributed by atoms with Crippen LogP contribution in [-0.4, -0.2) is 27.4 Å². The van der Waals surface area contributed by atoms with E-state index in [2.05, 4.69) is 20.5 Å². The van der Waals surface area contributed by atoms with E-state index < -0.39 is 0 Å². The molecule has 0 fully saturated rings. The normalized spacial score (nSPS) is 14.1. The van der Waals surface area contributed by atoms with Crippen LogP contribution in [0.2, 0.25) is 0 Å². The van der Waals surface area contributed by atoms with E-state index in [1.807, 2.05) is 54.6 Å². The van der Waals surface area contributed by atoms with E-state index in [-0.39, 0.29) is 18.1 Å². The summed E-state index contributed by atoms with van der Waals surface area (Å²) in [6.07, 6.45) is 3.55. The average molecular weight is 392 g/mol. The van der Waals surface area contributed by atoms with Gasteiger partial charge in [-0.15, -0.1) is 0 Å². The van der Waals surface area contributed by atoms with E-state index in [9.17, 15) is 9.59 Å². The summed E-state index contributed by atoms with van der Waals surface area (Å²) in [7, 11) is 0. The van der Waals surface area contributed by atoms with Crippen molar-refractivity contribution >= 4 is 28.3 Å². The molecule has 6 heteroatoms. The third-order valence-corrected chi connectivity index (χ3v) is 5.10. The summed E-state index contributed by atoms with van der Waals surface area (Å²) in [4.78, 5) is 33.9. The second kappa shape index (κ2) is 7.33. The molecule has 1 amide bonds. The highest BCUT2D eigenvalue weighted by Gasteiger charge is 2.25. The first-order chi connectivity index (χ1) is 14.7. The Balaban J connectivity index is 1.53. The van der Waals surface area contributed by atoms with Crippen LogP contribution in [0.5, 0.6) is 0 Å². The number of para-hydroxylation sites is 1. The van der Waals surface area contributed by atoms with Crippen molar-refractivity contribution in [2.45, 2.75) is 6.42 Å². The SMILES string of the molecule is O=C1CC(=NNC(=O)c2cc(-c3ccncc3)nc3ccccc23)c2ccccc21. The maximum atomic E-state index is 13.0. The van der Waals surface area contributed by atoms with Gasteiger partial charge in [0.1, 0.15) is 0 Å². The predicted molar refractivity (Wildman–Crippen MR) is 114 cm³/mol. The molecule has 30 heavy (non-hydrogen) atoms. The van der Waals surface area contributed by atoms with Gasteiger partial charge >= 0.3 is 0 Å². The quantitative estimate of drug-likeness (QED) is 0.534. The fourth-order valence-electron chi connectivity index (χ4n) is 3.63. The molecule has 2 aromatic carbocycles. The Labute approximate surface area is 172 Å². The number of carbonyl (C=O) groups is 2. The van der Waals surface area contributed by atoms with Gasteiger partial charge in [0.25, 0.3) is 5.91 Å². The van der Waals surface area contributed by atoms with Gasteiger partial charge in [0.05, 0.1) is 28.9 Å². The molecule has 144 valence electrons. The van der Waals surface area contributed by atoms with Gasteiger partial charge in [-0.1, -0.05) is 42.5 Å². The number of rotatable bonds is 3. The number of Topliss-reactive ketones (excluding diaryl/α,β-unsaturated/α-hetero) is 1. The lowest BCUT2D eigenvalue weighted by Gasteiger charge is -2.09. The summed E-state index contributed by atoms with van der Waals surface area (Å²) in [6.45, 7) is 0. The van der Waals surface area contributed by atoms with Crippen LogP contribution in [0.25, 0.3) is 22.2 Å². The van der Waals surface area contributed by atoms with E-state index in [4.69, 9.17) is 0 Å². The van der Waals surface area contributed by atoms with Crippen LogP contribution in [0.15, 0.2) is 84.2 Å². The van der Waals surface area contributed by atoms with Crippen LogP contribution in [0.3, 0.4) is 0 Å². The minimum Gasteiger partial charge on any atom is -0.294 e. The van der Waals surface area contributed by atoms with Crippen molar-refractivity contribution in [1.82, 2.24) is 15.4 Å². The topological polar surface area (TPSA) is 84.3 Å². The van der Waals surface area contributed by atoms with Crippen molar-refractivity contribution in [3.8, 4) is 11.3 Å². The van der Waals surface area contributed by atoms with Crippen LogP contribution in [0.4, 0.5) is 0 Å². The third-order valence-electron chi connectivity index (χ3n) is 5.10. The molecule has 5 rings (SSSR count). The van der Waals surface area contributed by atoms with Gasteiger partial charge in [0, 0.05) is 34.5 Å². The summed E-state index contributed by atoms with van der Waals surface area (Å²) in [5, 5.41) is 5.00. The summed E-state index contributed by atoms with van der Waals surface area (Å²) in [5.74, 6) is -0.346. The van der Waals surface area contributed by atoms with Gasteiger partial charge in [-0.2, -0.15) is 5.10 Å². The number of hydrazone groups is 1. The molecule has 6 nitrogen and oxygen atoms in total. The number of carbonyl (C=O) groups excluding carboxylic acids is 2. The smallest absolute Gasteiger partial charge is 0.272 e. The molecular formula is C24H16N4O2. The number of hydrogen-bond donors (Lipinski definition) is 1. The van der Waals surface area contributed by atoms with E-state index >= 15 is 0 Å². The Bertz CT molecular complexity index is 1330. The van der Waals surface area contributed by atoms with Gasteiger partial charge < -0.3 is 0 Å². The highest BCUT2D eigenvalue weighted by Crippen LogP contribution is 2.25. The van der Waals surface area contributed by atoms with Crippen molar-refractivity contribution in [3.63, 3.8) is 0 Å². The molecule has 0 aliphatic heterocycles. The summed E-state index contributed by atoms with van der Waals surface area (Å²) >= 11 is 0. The first kappa shape index (κ1) is 17.9. The number of benzene rings is 2. The molecule has 0 radical (unpaired) electrons. The summed E-state index contributed by atoms with van der Waals surface area (Å²) in [6, 6.07) is 20.2. The van der Waals surface area contributed by atoms with Crippen LogP contribution < -0.4 is 5.43 Å². The van der Waals surface area contributed by atoms with Crippen molar-refractivity contribution in [3.05, 3.63) is 95.8 Å². The Morgan fingerprint density at radius 2 is 1.67 bits per heavy atom. The van der Waals surface area contributed by atoms with E-state index in [0.717, 1.165) is 16.5 Å². The van der Waals surface area contributed by atoms with Crippen molar-refractivity contribution in [2.75, 3.05) is 0 Å². The molecule has 0 saturated heterocycles. The van der Waals surface area contributed by atoms with Gasteiger partial charge in [-0.3, -0.25) is 14.6 Å². The minimum absolute atomic E-state index is 0.00735. The zero-order valence-electron chi connectivity index (χ0n) is 15.9. The number of hydrogen-bond acceptors (Lipinski definition) is 5. The molecule has 1 aliphatic carbocycles. The van der Waals surface area contributed by atoms with Gasteiger partial charge in [0.2, 0.25) is 0 Å². The lowest BCUT2D eigenvalue weighted by atomic mass is 10.0. The van der Waals surface area contributed by atoms with Gasteiger partial charge in [-0.25, -0.2) is 10.4 Å². The second-order valence-corrected chi connectivity index (χ2v) is 6.95. The number of nitrogens with one attached hydrogen (secondary N) is 1. The number of nitrogens with zero attached hydrogens (tertiary/aromatic N) is 3. The largest absolute Gasteiger partial charge is 0.294 e. The highest BCUT2D eigenvalue weighted by atomic mass is 16.2. The number of amides is 1. The van der Waals surface area contributed by atoms with Gasteiger partial charge in [-0.05, 0) is 24.3 Å². The molecule has 4 aromatic rings. The molecule has 0 atom stereocenters. The molecule has 0 unspecified atom stereocenters. The predicted octanol–water partition coefficient (Wildman–Crippen LogP) is 4.02. The van der Waals surface area contributed by atoms with Crippen LogP contribution >= 0.6 is 0 Å². The zero-order valence-corrected chi connectivity index (χ0v) is 15.9. The Hall–Kier alpha value is -4.19. The minimum atomic E-state index is -0.353. The van der Waals surface area contributed by atoms with Crippen LogP contribution in [0, 0.1) is 0 Å². The first-order valence-corrected chi connectivity index (χ1v) is 9.50. The molecule has 2 aromatic heterocycles. The first-order valence-electron chi connectivity index (χ1n) is 9.50. The number of aromatic nitrogens is 2. The number of pyridine rings is 2. The highest BCUT2D eigenvalue weighted by molar-refractivity contribution is 6.26. The van der Waals surface area contributed by atoms with Crippen molar-refractivity contribution in [1.29, 1.82) is 0 Å².